The highest BCUT2D eigenvalue weighted by Gasteiger charge is 2.07. The van der Waals surface area contributed by atoms with Crippen molar-refractivity contribution in [3.63, 3.8) is 0 Å². The van der Waals surface area contributed by atoms with Gasteiger partial charge in [0.1, 0.15) is 0 Å². The molecule has 1 amide bonds. The van der Waals surface area contributed by atoms with E-state index in [0.29, 0.717) is 22.8 Å². The molecule has 0 aliphatic rings. The van der Waals surface area contributed by atoms with Gasteiger partial charge >= 0.3 is 0 Å². The second-order valence-corrected chi connectivity index (χ2v) is 4.87. The average Bonchev–Trinajstić information content (AvgIpc) is 2.44. The quantitative estimate of drug-likeness (QED) is 0.757. The molecule has 0 saturated heterocycles. The molecular weight excluding hydrogens is 276 g/mol. The van der Waals surface area contributed by atoms with Gasteiger partial charge in [0.05, 0.1) is 6.61 Å². The van der Waals surface area contributed by atoms with Gasteiger partial charge in [0.15, 0.2) is 0 Å². The lowest BCUT2D eigenvalue weighted by atomic mass is 10.1. The van der Waals surface area contributed by atoms with E-state index in [1.807, 2.05) is 24.3 Å². The molecule has 0 atom stereocenters. The van der Waals surface area contributed by atoms with E-state index in [9.17, 15) is 4.79 Å². The minimum Gasteiger partial charge on any atom is -0.399 e. The third kappa shape index (κ3) is 3.73. The first kappa shape index (κ1) is 14.4. The highest BCUT2D eigenvalue weighted by atomic mass is 35.5. The number of aliphatic hydroxyl groups is 1. The molecule has 0 aliphatic heterocycles. The van der Waals surface area contributed by atoms with Crippen LogP contribution in [0.15, 0.2) is 42.5 Å². The van der Waals surface area contributed by atoms with Gasteiger partial charge in [-0.2, -0.15) is 0 Å². The van der Waals surface area contributed by atoms with E-state index >= 15 is 0 Å². The van der Waals surface area contributed by atoms with Gasteiger partial charge in [0.2, 0.25) is 0 Å². The van der Waals surface area contributed by atoms with E-state index in [1.54, 1.807) is 18.2 Å². The molecule has 0 heterocycles. The summed E-state index contributed by atoms with van der Waals surface area (Å²) in [5.41, 5.74) is 8.25. The molecule has 20 heavy (non-hydrogen) atoms. The Morgan fingerprint density at radius 1 is 1.20 bits per heavy atom. The van der Waals surface area contributed by atoms with E-state index in [4.69, 9.17) is 22.4 Å². The number of aliphatic hydroxyl groups excluding tert-OH is 1. The van der Waals surface area contributed by atoms with Crippen molar-refractivity contribution >= 4 is 23.2 Å². The molecule has 0 radical (unpaired) electrons. The number of nitrogens with one attached hydrogen (secondary N) is 1. The molecule has 4 nitrogen and oxygen atoms in total. The first-order chi connectivity index (χ1) is 9.58. The number of amides is 1. The fourth-order valence-electron chi connectivity index (χ4n) is 1.87. The molecule has 0 spiro atoms. The highest BCUT2D eigenvalue weighted by Crippen LogP contribution is 2.16. The van der Waals surface area contributed by atoms with Crippen molar-refractivity contribution < 1.29 is 9.90 Å². The van der Waals surface area contributed by atoms with Crippen LogP contribution < -0.4 is 11.1 Å². The first-order valence-corrected chi connectivity index (χ1v) is 6.49. The zero-order valence-electron chi connectivity index (χ0n) is 10.8. The Balaban J connectivity index is 2.04. The topological polar surface area (TPSA) is 75.4 Å². The van der Waals surface area contributed by atoms with E-state index in [2.05, 4.69) is 5.32 Å². The monoisotopic (exact) mass is 290 g/mol. The molecule has 104 valence electrons. The van der Waals surface area contributed by atoms with Crippen LogP contribution >= 0.6 is 11.6 Å². The number of carbonyl (C=O) groups is 1. The zero-order valence-corrected chi connectivity index (χ0v) is 11.5. The molecule has 2 aromatic carbocycles. The number of carbonyl (C=O) groups excluding carboxylic acids is 1. The number of hydrogen-bond donors (Lipinski definition) is 3. The van der Waals surface area contributed by atoms with Gasteiger partial charge < -0.3 is 16.2 Å². The number of rotatable bonds is 4. The van der Waals surface area contributed by atoms with Crippen LogP contribution in [0, 0.1) is 0 Å². The van der Waals surface area contributed by atoms with Crippen molar-refractivity contribution in [3.8, 4) is 0 Å². The average molecular weight is 291 g/mol. The van der Waals surface area contributed by atoms with Gasteiger partial charge in [-0.25, -0.2) is 0 Å². The Morgan fingerprint density at radius 2 is 1.95 bits per heavy atom. The molecule has 0 bridgehead atoms. The lowest BCUT2D eigenvalue weighted by Gasteiger charge is -2.07. The predicted molar refractivity (Wildman–Crippen MR) is 79.4 cm³/mol. The maximum Gasteiger partial charge on any atom is 0.251 e. The standard InChI is InChI=1S/C15H15ClN2O2/c16-13-5-12(6-14(17)7-13)15(20)18-8-10-2-1-3-11(4-10)9-19/h1-7,19H,8-9,17H2,(H,18,20). The fourth-order valence-corrected chi connectivity index (χ4v) is 2.11. The van der Waals surface area contributed by atoms with Gasteiger partial charge in [-0.15, -0.1) is 0 Å². The summed E-state index contributed by atoms with van der Waals surface area (Å²) in [6, 6.07) is 12.1. The zero-order chi connectivity index (χ0) is 14.5. The Labute approximate surface area is 122 Å². The molecule has 0 aromatic heterocycles. The van der Waals surface area contributed by atoms with Crippen molar-refractivity contribution in [1.82, 2.24) is 5.32 Å². The molecule has 2 aromatic rings. The van der Waals surface area contributed by atoms with Crippen LogP contribution in [-0.4, -0.2) is 11.0 Å². The lowest BCUT2D eigenvalue weighted by molar-refractivity contribution is 0.0951. The van der Waals surface area contributed by atoms with Gasteiger partial charge in [0.25, 0.3) is 5.91 Å². The molecule has 0 unspecified atom stereocenters. The normalized spacial score (nSPS) is 10.3. The lowest BCUT2D eigenvalue weighted by Crippen LogP contribution is -2.23. The van der Waals surface area contributed by atoms with Crippen molar-refractivity contribution in [2.24, 2.45) is 0 Å². The SMILES string of the molecule is Nc1cc(Cl)cc(C(=O)NCc2cccc(CO)c2)c1. The van der Waals surface area contributed by atoms with Crippen molar-refractivity contribution in [2.45, 2.75) is 13.2 Å². The van der Waals surface area contributed by atoms with Gasteiger partial charge in [-0.1, -0.05) is 35.9 Å². The molecule has 2 rings (SSSR count). The molecular formula is C15H15ClN2O2. The van der Waals surface area contributed by atoms with Gasteiger partial charge in [-0.05, 0) is 29.3 Å². The first-order valence-electron chi connectivity index (χ1n) is 6.11. The van der Waals surface area contributed by atoms with Crippen LogP contribution in [-0.2, 0) is 13.2 Å². The van der Waals surface area contributed by atoms with Crippen LogP contribution in [0.4, 0.5) is 5.69 Å². The Hall–Kier alpha value is -2.04. The number of benzene rings is 2. The summed E-state index contributed by atoms with van der Waals surface area (Å²) in [6.45, 7) is 0.353. The molecule has 0 saturated carbocycles. The van der Waals surface area contributed by atoms with Crippen LogP contribution in [0.2, 0.25) is 5.02 Å². The number of hydrogen-bond acceptors (Lipinski definition) is 3. The van der Waals surface area contributed by atoms with Crippen LogP contribution in [0.25, 0.3) is 0 Å². The third-order valence-electron chi connectivity index (χ3n) is 2.81. The summed E-state index contributed by atoms with van der Waals surface area (Å²) in [5, 5.41) is 12.3. The van der Waals surface area contributed by atoms with Crippen molar-refractivity contribution in [3.05, 3.63) is 64.2 Å². The van der Waals surface area contributed by atoms with E-state index < -0.39 is 0 Å². The summed E-state index contributed by atoms with van der Waals surface area (Å²) >= 11 is 5.86. The van der Waals surface area contributed by atoms with Crippen LogP contribution in [0.3, 0.4) is 0 Å². The largest absolute Gasteiger partial charge is 0.399 e. The molecule has 5 heteroatoms. The number of anilines is 1. The van der Waals surface area contributed by atoms with Crippen molar-refractivity contribution in [1.29, 1.82) is 0 Å². The Kier molecular flexibility index (Phi) is 4.61. The summed E-state index contributed by atoms with van der Waals surface area (Å²) in [7, 11) is 0. The number of nitrogen functional groups attached to an aromatic ring is 1. The van der Waals surface area contributed by atoms with E-state index in [-0.39, 0.29) is 12.5 Å². The number of nitrogens with two attached hydrogens (primary N) is 1. The smallest absolute Gasteiger partial charge is 0.251 e. The van der Waals surface area contributed by atoms with Crippen LogP contribution in [0.5, 0.6) is 0 Å². The molecule has 4 N–H and O–H groups in total. The van der Waals surface area contributed by atoms with Gasteiger partial charge in [-0.3, -0.25) is 4.79 Å². The summed E-state index contributed by atoms with van der Waals surface area (Å²) in [5.74, 6) is -0.242. The highest BCUT2D eigenvalue weighted by molar-refractivity contribution is 6.31. The van der Waals surface area contributed by atoms with E-state index in [1.165, 1.54) is 0 Å². The minimum atomic E-state index is -0.242. The third-order valence-corrected chi connectivity index (χ3v) is 3.03. The van der Waals surface area contributed by atoms with Gasteiger partial charge in [0, 0.05) is 22.8 Å². The Bertz CT molecular complexity index is 609. The van der Waals surface area contributed by atoms with Crippen molar-refractivity contribution in [2.75, 3.05) is 5.73 Å². The van der Waals surface area contributed by atoms with E-state index in [0.717, 1.165) is 11.1 Å². The fraction of sp³-hybridized carbons (Fsp3) is 0.133. The predicted octanol–water partition coefficient (Wildman–Crippen LogP) is 2.34. The summed E-state index contributed by atoms with van der Waals surface area (Å²) in [6.07, 6.45) is 0. The molecule has 0 fully saturated rings. The Morgan fingerprint density at radius 3 is 2.65 bits per heavy atom. The van der Waals surface area contributed by atoms with Crippen LogP contribution in [0.1, 0.15) is 21.5 Å². The maximum absolute atomic E-state index is 12.0. The summed E-state index contributed by atoms with van der Waals surface area (Å²) < 4.78 is 0. The minimum absolute atomic E-state index is 0.0212. The maximum atomic E-state index is 12.0. The summed E-state index contributed by atoms with van der Waals surface area (Å²) in [4.78, 5) is 12.0. The second-order valence-electron chi connectivity index (χ2n) is 4.43. The molecule has 0 aliphatic carbocycles. The number of halogens is 1. The second kappa shape index (κ2) is 6.41.